The van der Waals surface area contributed by atoms with Crippen LogP contribution in [0.3, 0.4) is 0 Å². The third-order valence-corrected chi connectivity index (χ3v) is 5.71. The van der Waals surface area contributed by atoms with Crippen LogP contribution in [0.15, 0.2) is 33.6 Å². The van der Waals surface area contributed by atoms with E-state index in [-0.39, 0.29) is 16.5 Å². The van der Waals surface area contributed by atoms with Crippen LogP contribution in [0.2, 0.25) is 0 Å². The molecule has 1 aromatic heterocycles. The Bertz CT molecular complexity index is 801. The molecule has 0 saturated heterocycles. The molecule has 0 spiro atoms. The summed E-state index contributed by atoms with van der Waals surface area (Å²) in [7, 11) is -3.77. The highest BCUT2D eigenvalue weighted by molar-refractivity contribution is 7.92. The Hall–Kier alpha value is -1.53. The first-order valence-electron chi connectivity index (χ1n) is 6.40. The molecule has 1 aliphatic heterocycles. The monoisotopic (exact) mass is 329 g/mol. The number of halogens is 2. The summed E-state index contributed by atoms with van der Waals surface area (Å²) in [4.78, 5) is 0.0789. The lowest BCUT2D eigenvalue weighted by molar-refractivity contribution is 0.492. The van der Waals surface area contributed by atoms with Gasteiger partial charge in [-0.15, -0.1) is 11.6 Å². The Morgan fingerprint density at radius 1 is 1.38 bits per heavy atom. The average molecular weight is 330 g/mol. The molecule has 21 heavy (non-hydrogen) atoms. The van der Waals surface area contributed by atoms with Gasteiger partial charge in [-0.2, -0.15) is 0 Å². The summed E-state index contributed by atoms with van der Waals surface area (Å²) in [6.07, 6.45) is 0.564. The molecule has 0 aliphatic carbocycles. The number of rotatable bonds is 3. The van der Waals surface area contributed by atoms with Crippen molar-refractivity contribution in [1.82, 2.24) is 0 Å². The minimum absolute atomic E-state index is 0.0789. The third kappa shape index (κ3) is 2.32. The highest BCUT2D eigenvalue weighted by atomic mass is 35.5. The number of furan rings is 1. The molecule has 0 fully saturated rings. The molecule has 1 aromatic carbocycles. The number of aryl methyl sites for hydroxylation is 1. The normalized spacial score (nSPS) is 14.5. The molecule has 0 saturated carbocycles. The largest absolute Gasteiger partial charge is 0.464 e. The Morgan fingerprint density at radius 3 is 2.81 bits per heavy atom. The molecular formula is C14H13ClFNO3S. The second-order valence-electron chi connectivity index (χ2n) is 4.87. The van der Waals surface area contributed by atoms with E-state index in [1.54, 1.807) is 13.0 Å². The van der Waals surface area contributed by atoms with Gasteiger partial charge in [0.1, 0.15) is 22.2 Å². The van der Waals surface area contributed by atoms with Crippen LogP contribution in [0.25, 0.3) is 0 Å². The highest BCUT2D eigenvalue weighted by Crippen LogP contribution is 2.35. The lowest BCUT2D eigenvalue weighted by Gasteiger charge is -2.18. The predicted molar refractivity (Wildman–Crippen MR) is 77.6 cm³/mol. The van der Waals surface area contributed by atoms with E-state index in [1.807, 2.05) is 0 Å². The number of anilines is 1. The van der Waals surface area contributed by atoms with Crippen molar-refractivity contribution in [1.29, 1.82) is 0 Å². The van der Waals surface area contributed by atoms with Crippen molar-refractivity contribution in [2.75, 3.05) is 10.8 Å². The molecule has 0 radical (unpaired) electrons. The summed E-state index contributed by atoms with van der Waals surface area (Å²) < 4.78 is 45.5. The molecule has 2 aromatic rings. The van der Waals surface area contributed by atoms with Gasteiger partial charge in [-0.05, 0) is 31.0 Å². The fourth-order valence-corrected chi connectivity index (χ4v) is 4.35. The second kappa shape index (κ2) is 5.03. The molecule has 0 unspecified atom stereocenters. The Balaban J connectivity index is 2.09. The molecule has 1 aliphatic rings. The van der Waals surface area contributed by atoms with Crippen LogP contribution in [0.1, 0.15) is 17.1 Å². The van der Waals surface area contributed by atoms with Crippen molar-refractivity contribution >= 4 is 27.3 Å². The minimum Gasteiger partial charge on any atom is -0.464 e. The quantitative estimate of drug-likeness (QED) is 0.812. The Labute approximate surface area is 127 Å². The van der Waals surface area contributed by atoms with Crippen LogP contribution in [-0.4, -0.2) is 15.0 Å². The predicted octanol–water partition coefficient (Wildman–Crippen LogP) is 3.22. The Kier molecular flexibility index (Phi) is 3.45. The average Bonchev–Trinajstić information content (AvgIpc) is 3.02. The number of alkyl halides is 1. The van der Waals surface area contributed by atoms with Crippen LogP contribution in [-0.2, 0) is 22.3 Å². The highest BCUT2D eigenvalue weighted by Gasteiger charge is 2.33. The zero-order valence-corrected chi connectivity index (χ0v) is 12.8. The maximum Gasteiger partial charge on any atom is 0.267 e. The van der Waals surface area contributed by atoms with Crippen molar-refractivity contribution in [3.05, 3.63) is 47.2 Å². The molecule has 0 amide bonds. The van der Waals surface area contributed by atoms with Crippen molar-refractivity contribution in [2.45, 2.75) is 24.1 Å². The number of hydrogen-bond acceptors (Lipinski definition) is 3. The van der Waals surface area contributed by atoms with Crippen LogP contribution in [0.5, 0.6) is 0 Å². The van der Waals surface area contributed by atoms with Crippen molar-refractivity contribution < 1.29 is 17.2 Å². The van der Waals surface area contributed by atoms with Gasteiger partial charge in [0, 0.05) is 12.6 Å². The van der Waals surface area contributed by atoms with Crippen molar-refractivity contribution in [3.63, 3.8) is 0 Å². The van der Waals surface area contributed by atoms with Gasteiger partial charge in [0.15, 0.2) is 0 Å². The summed E-state index contributed by atoms with van der Waals surface area (Å²) in [5, 5.41) is 0. The summed E-state index contributed by atoms with van der Waals surface area (Å²) in [5.41, 5.74) is 1.21. The lowest BCUT2D eigenvalue weighted by Crippen LogP contribution is -2.29. The zero-order valence-electron chi connectivity index (χ0n) is 11.3. The van der Waals surface area contributed by atoms with E-state index in [1.165, 1.54) is 22.5 Å². The van der Waals surface area contributed by atoms with E-state index >= 15 is 0 Å². The van der Waals surface area contributed by atoms with E-state index in [0.717, 1.165) is 5.56 Å². The molecule has 7 heteroatoms. The number of nitrogens with zero attached hydrogens (tertiary/aromatic N) is 1. The molecule has 4 nitrogen and oxygen atoms in total. The zero-order chi connectivity index (χ0) is 15.2. The van der Waals surface area contributed by atoms with Gasteiger partial charge in [-0.1, -0.05) is 6.07 Å². The van der Waals surface area contributed by atoms with E-state index in [0.29, 0.717) is 24.4 Å². The fourth-order valence-electron chi connectivity index (χ4n) is 2.54. The van der Waals surface area contributed by atoms with Gasteiger partial charge in [0.2, 0.25) is 0 Å². The number of fused-ring (bicyclic) bond motifs is 1. The molecule has 2 heterocycles. The number of sulfonamides is 1. The first kappa shape index (κ1) is 14.4. The summed E-state index contributed by atoms with van der Waals surface area (Å²) in [5.74, 6) is 0.324. The number of hydrogen-bond donors (Lipinski definition) is 0. The number of benzene rings is 1. The van der Waals surface area contributed by atoms with Crippen molar-refractivity contribution in [3.8, 4) is 0 Å². The van der Waals surface area contributed by atoms with Gasteiger partial charge >= 0.3 is 0 Å². The first-order chi connectivity index (χ1) is 9.93. The minimum atomic E-state index is -3.77. The summed E-state index contributed by atoms with van der Waals surface area (Å²) >= 11 is 5.67. The van der Waals surface area contributed by atoms with Gasteiger partial charge < -0.3 is 4.42 Å². The van der Waals surface area contributed by atoms with Crippen LogP contribution in [0, 0.1) is 12.7 Å². The maximum absolute atomic E-state index is 13.4. The SMILES string of the molecule is Cc1oc(CCl)cc1S(=O)(=O)N1CCc2ccc(F)cc21. The van der Waals surface area contributed by atoms with Gasteiger partial charge in [0.05, 0.1) is 11.6 Å². The molecular weight excluding hydrogens is 317 g/mol. The van der Waals surface area contributed by atoms with Gasteiger partial charge in [-0.3, -0.25) is 4.31 Å². The standard InChI is InChI=1S/C14H13ClFNO3S/c1-9-14(7-12(8-15)20-9)21(18,19)17-5-4-10-2-3-11(16)6-13(10)17/h2-3,6-7H,4-5,8H2,1H3. The van der Waals surface area contributed by atoms with E-state index in [2.05, 4.69) is 0 Å². The maximum atomic E-state index is 13.4. The van der Waals surface area contributed by atoms with E-state index < -0.39 is 15.8 Å². The summed E-state index contributed by atoms with van der Waals surface area (Å²) in [6.45, 7) is 1.87. The molecule has 0 N–H and O–H groups in total. The smallest absolute Gasteiger partial charge is 0.267 e. The van der Waals surface area contributed by atoms with Crippen molar-refractivity contribution in [2.24, 2.45) is 0 Å². The molecule has 0 atom stereocenters. The molecule has 112 valence electrons. The van der Waals surface area contributed by atoms with E-state index in [9.17, 15) is 12.8 Å². The molecule has 3 rings (SSSR count). The van der Waals surface area contributed by atoms with Gasteiger partial charge in [-0.25, -0.2) is 12.8 Å². The van der Waals surface area contributed by atoms with Crippen LogP contribution in [0.4, 0.5) is 10.1 Å². The van der Waals surface area contributed by atoms with Crippen LogP contribution >= 0.6 is 11.6 Å². The Morgan fingerprint density at radius 2 is 2.14 bits per heavy atom. The lowest BCUT2D eigenvalue weighted by atomic mass is 10.2. The molecule has 0 bridgehead atoms. The summed E-state index contributed by atoms with van der Waals surface area (Å²) in [6, 6.07) is 5.63. The van der Waals surface area contributed by atoms with E-state index in [4.69, 9.17) is 16.0 Å². The first-order valence-corrected chi connectivity index (χ1v) is 8.37. The van der Waals surface area contributed by atoms with Gasteiger partial charge in [0.25, 0.3) is 10.0 Å². The fraction of sp³-hybridized carbons (Fsp3) is 0.286. The third-order valence-electron chi connectivity index (χ3n) is 3.52. The second-order valence-corrected chi connectivity index (χ2v) is 6.96. The topological polar surface area (TPSA) is 50.5 Å². The van der Waals surface area contributed by atoms with Crippen LogP contribution < -0.4 is 4.31 Å².